The number of benzene rings is 2. The lowest BCUT2D eigenvalue weighted by molar-refractivity contribution is 0.0997. The lowest BCUT2D eigenvalue weighted by atomic mass is 10.1. The Morgan fingerprint density at radius 3 is 2.31 bits per heavy atom. The van der Waals surface area contributed by atoms with Crippen LogP contribution in [0.2, 0.25) is 0 Å². The van der Waals surface area contributed by atoms with Gasteiger partial charge in [0.05, 0.1) is 11.4 Å². The molecule has 132 valence electrons. The van der Waals surface area contributed by atoms with Crippen LogP contribution in [0.1, 0.15) is 37.7 Å². The molecule has 1 heterocycles. The summed E-state index contributed by atoms with van der Waals surface area (Å²) in [5.41, 5.74) is 9.88. The second-order valence-electron chi connectivity index (χ2n) is 6.11. The smallest absolute Gasteiger partial charge is 0.278 e. The molecule has 0 bridgehead atoms. The molecular weight excluding hydrogens is 330 g/mol. The number of nitrogens with one attached hydrogen (secondary N) is 1. The number of carbonyl (C=O) groups is 2. The molecule has 26 heavy (non-hydrogen) atoms. The number of rotatable bonds is 4. The maximum atomic E-state index is 12.5. The van der Waals surface area contributed by atoms with Gasteiger partial charge in [-0.15, -0.1) is 5.10 Å². The molecule has 0 saturated carbocycles. The van der Waals surface area contributed by atoms with Crippen LogP contribution >= 0.6 is 0 Å². The molecule has 0 aliphatic heterocycles. The van der Waals surface area contributed by atoms with Crippen LogP contribution in [-0.2, 0) is 0 Å². The molecule has 0 aliphatic rings. The van der Waals surface area contributed by atoms with Crippen molar-refractivity contribution in [1.29, 1.82) is 0 Å². The summed E-state index contributed by atoms with van der Waals surface area (Å²) < 4.78 is 0. The summed E-state index contributed by atoms with van der Waals surface area (Å²) in [5.74, 6) is -0.888. The normalized spacial score (nSPS) is 10.6. The summed E-state index contributed by atoms with van der Waals surface area (Å²) in [6.45, 7) is 5.72. The number of nitrogens with two attached hydrogens (primary N) is 1. The van der Waals surface area contributed by atoms with E-state index in [-0.39, 0.29) is 11.6 Å². The summed E-state index contributed by atoms with van der Waals surface area (Å²) in [5, 5.41) is 11.4. The molecule has 2 amide bonds. The number of aryl methyl sites for hydroxylation is 3. The molecular formula is C19H19N5O2. The molecule has 7 nitrogen and oxygen atoms in total. The Bertz CT molecular complexity index is 990. The highest BCUT2D eigenvalue weighted by molar-refractivity contribution is 6.03. The largest absolute Gasteiger partial charge is 0.366 e. The Morgan fingerprint density at radius 2 is 1.69 bits per heavy atom. The van der Waals surface area contributed by atoms with Crippen molar-refractivity contribution in [2.45, 2.75) is 20.8 Å². The van der Waals surface area contributed by atoms with Crippen LogP contribution < -0.4 is 11.1 Å². The number of amides is 2. The summed E-state index contributed by atoms with van der Waals surface area (Å²) in [6, 6.07) is 12.3. The highest BCUT2D eigenvalue weighted by Crippen LogP contribution is 2.16. The van der Waals surface area contributed by atoms with Crippen LogP contribution in [0.5, 0.6) is 0 Å². The van der Waals surface area contributed by atoms with Crippen LogP contribution in [0.25, 0.3) is 5.69 Å². The second-order valence-corrected chi connectivity index (χ2v) is 6.11. The van der Waals surface area contributed by atoms with Gasteiger partial charge in [-0.1, -0.05) is 17.7 Å². The van der Waals surface area contributed by atoms with Crippen molar-refractivity contribution in [2.24, 2.45) is 5.73 Å². The van der Waals surface area contributed by atoms with Crippen LogP contribution in [0, 0.1) is 20.8 Å². The summed E-state index contributed by atoms with van der Waals surface area (Å²) in [4.78, 5) is 25.1. The molecule has 0 radical (unpaired) electrons. The highest BCUT2D eigenvalue weighted by Gasteiger charge is 2.17. The van der Waals surface area contributed by atoms with E-state index < -0.39 is 5.91 Å². The Kier molecular flexibility index (Phi) is 4.53. The third-order valence-electron chi connectivity index (χ3n) is 3.99. The van der Waals surface area contributed by atoms with Gasteiger partial charge >= 0.3 is 0 Å². The fraction of sp³-hybridized carbons (Fsp3) is 0.158. The van der Waals surface area contributed by atoms with E-state index in [2.05, 4.69) is 15.5 Å². The molecule has 0 aliphatic carbocycles. The van der Waals surface area contributed by atoms with Crippen molar-refractivity contribution in [3.63, 3.8) is 0 Å². The van der Waals surface area contributed by atoms with Crippen LogP contribution in [0.4, 0.5) is 5.69 Å². The lowest BCUT2D eigenvalue weighted by Crippen LogP contribution is -2.15. The molecule has 3 aromatic rings. The van der Waals surface area contributed by atoms with Gasteiger partial charge in [-0.25, -0.2) is 0 Å². The molecule has 1 aromatic heterocycles. The second kappa shape index (κ2) is 6.79. The minimum Gasteiger partial charge on any atom is -0.366 e. The first-order valence-electron chi connectivity index (χ1n) is 8.08. The molecule has 3 N–H and O–H groups in total. The SMILES string of the molecule is Cc1ccc(-n2nc(C)c(C(=O)Nc3ccc(C(N)=O)cc3)n2)c(C)c1. The van der Waals surface area contributed by atoms with E-state index in [0.29, 0.717) is 16.9 Å². The van der Waals surface area contributed by atoms with Crippen LogP contribution in [0.15, 0.2) is 42.5 Å². The van der Waals surface area contributed by atoms with E-state index in [1.54, 1.807) is 31.2 Å². The van der Waals surface area contributed by atoms with E-state index in [9.17, 15) is 9.59 Å². The maximum absolute atomic E-state index is 12.5. The Morgan fingerprint density at radius 1 is 1.00 bits per heavy atom. The molecule has 0 atom stereocenters. The molecule has 0 spiro atoms. The van der Waals surface area contributed by atoms with Crippen molar-refractivity contribution in [2.75, 3.05) is 5.32 Å². The van der Waals surface area contributed by atoms with Crippen LogP contribution in [-0.4, -0.2) is 26.8 Å². The fourth-order valence-corrected chi connectivity index (χ4v) is 2.63. The van der Waals surface area contributed by atoms with E-state index in [0.717, 1.165) is 16.8 Å². The number of hydrogen-bond acceptors (Lipinski definition) is 4. The van der Waals surface area contributed by atoms with Crippen molar-refractivity contribution >= 4 is 17.5 Å². The number of primary amides is 1. The summed E-state index contributed by atoms with van der Waals surface area (Å²) >= 11 is 0. The first-order valence-corrected chi connectivity index (χ1v) is 8.08. The lowest BCUT2D eigenvalue weighted by Gasteiger charge is -2.05. The monoisotopic (exact) mass is 349 g/mol. The molecule has 0 unspecified atom stereocenters. The van der Waals surface area contributed by atoms with Crippen LogP contribution in [0.3, 0.4) is 0 Å². The summed E-state index contributed by atoms with van der Waals surface area (Å²) in [7, 11) is 0. The van der Waals surface area contributed by atoms with Gasteiger partial charge < -0.3 is 11.1 Å². The van der Waals surface area contributed by atoms with Gasteiger partial charge in [-0.05, 0) is 56.7 Å². The maximum Gasteiger partial charge on any atom is 0.278 e. The van der Waals surface area contributed by atoms with E-state index in [1.807, 2.05) is 32.0 Å². The first-order chi connectivity index (χ1) is 12.3. The van der Waals surface area contributed by atoms with Crippen molar-refractivity contribution in [3.05, 3.63) is 70.5 Å². The minimum absolute atomic E-state index is 0.240. The molecule has 3 rings (SSSR count). The van der Waals surface area contributed by atoms with Gasteiger partial charge in [0, 0.05) is 11.3 Å². The molecule has 0 fully saturated rings. The number of aromatic nitrogens is 3. The zero-order valence-electron chi connectivity index (χ0n) is 14.8. The van der Waals surface area contributed by atoms with E-state index >= 15 is 0 Å². The fourth-order valence-electron chi connectivity index (χ4n) is 2.63. The topological polar surface area (TPSA) is 103 Å². The number of carbonyl (C=O) groups excluding carboxylic acids is 2. The quantitative estimate of drug-likeness (QED) is 0.755. The van der Waals surface area contributed by atoms with Gasteiger partial charge in [0.2, 0.25) is 5.91 Å². The standard InChI is InChI=1S/C19H19N5O2/c1-11-4-9-16(12(2)10-11)24-22-13(3)17(23-24)19(26)21-15-7-5-14(6-8-15)18(20)25/h4-10H,1-3H3,(H2,20,25)(H,21,26). The third-order valence-corrected chi connectivity index (χ3v) is 3.99. The van der Waals surface area contributed by atoms with Gasteiger partial charge in [-0.2, -0.15) is 9.90 Å². The minimum atomic E-state index is -0.518. The molecule has 2 aromatic carbocycles. The zero-order chi connectivity index (χ0) is 18.8. The van der Waals surface area contributed by atoms with Crippen molar-refractivity contribution < 1.29 is 9.59 Å². The van der Waals surface area contributed by atoms with E-state index in [1.165, 1.54) is 4.80 Å². The number of hydrogen-bond donors (Lipinski definition) is 2. The predicted octanol–water partition coefficient (Wildman–Crippen LogP) is 2.54. The molecule has 0 saturated heterocycles. The molecule has 7 heteroatoms. The Labute approximate surface area is 150 Å². The van der Waals surface area contributed by atoms with Crippen molar-refractivity contribution in [1.82, 2.24) is 15.0 Å². The van der Waals surface area contributed by atoms with Gasteiger partial charge in [0.15, 0.2) is 5.69 Å². The van der Waals surface area contributed by atoms with Gasteiger partial charge in [-0.3, -0.25) is 9.59 Å². The average Bonchev–Trinajstić information content (AvgIpc) is 2.97. The van der Waals surface area contributed by atoms with E-state index in [4.69, 9.17) is 5.73 Å². The van der Waals surface area contributed by atoms with Gasteiger partial charge in [0.1, 0.15) is 0 Å². The predicted molar refractivity (Wildman–Crippen MR) is 98.5 cm³/mol. The Balaban J connectivity index is 1.84. The first kappa shape index (κ1) is 17.3. The number of anilines is 1. The average molecular weight is 349 g/mol. The zero-order valence-corrected chi connectivity index (χ0v) is 14.8. The number of nitrogens with zero attached hydrogens (tertiary/aromatic N) is 3. The third kappa shape index (κ3) is 3.46. The Hall–Kier alpha value is -3.48. The van der Waals surface area contributed by atoms with Crippen molar-refractivity contribution in [3.8, 4) is 5.69 Å². The summed E-state index contributed by atoms with van der Waals surface area (Å²) in [6.07, 6.45) is 0. The van der Waals surface area contributed by atoms with Gasteiger partial charge in [0.25, 0.3) is 5.91 Å². The highest BCUT2D eigenvalue weighted by atomic mass is 16.2.